The molecule has 0 unspecified atom stereocenters. The van der Waals surface area contributed by atoms with Crippen molar-refractivity contribution in [1.29, 1.82) is 0 Å². The molecule has 0 saturated carbocycles. The number of para-hydroxylation sites is 1. The molecular weight excluding hydrogens is 262 g/mol. The minimum absolute atomic E-state index is 0.0639. The van der Waals surface area contributed by atoms with Crippen molar-refractivity contribution in [3.05, 3.63) is 65.2 Å². The normalized spacial score (nSPS) is 9.67. The minimum Gasteiger partial charge on any atom is -0.384 e. The maximum atomic E-state index is 12.5. The third-order valence-corrected chi connectivity index (χ3v) is 3.23. The van der Waals surface area contributed by atoms with Crippen LogP contribution in [0.15, 0.2) is 48.5 Å². The van der Waals surface area contributed by atoms with Gasteiger partial charge in [0.25, 0.3) is 5.91 Å². The quantitative estimate of drug-likeness (QED) is 0.858. The van der Waals surface area contributed by atoms with Crippen molar-refractivity contribution < 1.29 is 9.90 Å². The number of benzene rings is 2. The molecule has 0 aromatic heterocycles. The lowest BCUT2D eigenvalue weighted by Crippen LogP contribution is -2.26. The summed E-state index contributed by atoms with van der Waals surface area (Å²) in [4.78, 5) is 14.1. The Balaban J connectivity index is 2.22. The molecule has 2 aromatic carbocycles. The zero-order valence-corrected chi connectivity index (χ0v) is 12.1. The Morgan fingerprint density at radius 3 is 2.43 bits per heavy atom. The Morgan fingerprint density at radius 2 is 1.81 bits per heavy atom. The molecule has 2 aromatic rings. The fourth-order valence-corrected chi connectivity index (χ4v) is 2.08. The first kappa shape index (κ1) is 14.8. The first-order valence-electron chi connectivity index (χ1n) is 6.67. The summed E-state index contributed by atoms with van der Waals surface area (Å²) in [6, 6.07) is 14.8. The third kappa shape index (κ3) is 3.50. The van der Waals surface area contributed by atoms with Gasteiger partial charge in [0, 0.05) is 23.9 Å². The van der Waals surface area contributed by atoms with Crippen molar-refractivity contribution >= 4 is 11.6 Å². The highest BCUT2D eigenvalue weighted by Gasteiger charge is 2.14. The van der Waals surface area contributed by atoms with Gasteiger partial charge in [-0.05, 0) is 42.8 Å². The number of amides is 1. The van der Waals surface area contributed by atoms with Crippen LogP contribution in [0, 0.1) is 18.8 Å². The molecule has 106 valence electrons. The molecule has 0 radical (unpaired) electrons. The summed E-state index contributed by atoms with van der Waals surface area (Å²) in [6.07, 6.45) is 0. The topological polar surface area (TPSA) is 40.5 Å². The summed E-state index contributed by atoms with van der Waals surface area (Å²) in [7, 11) is 1.77. The van der Waals surface area contributed by atoms with Gasteiger partial charge >= 0.3 is 0 Å². The van der Waals surface area contributed by atoms with E-state index in [0.29, 0.717) is 5.56 Å². The molecule has 0 saturated heterocycles. The molecule has 0 aliphatic heterocycles. The van der Waals surface area contributed by atoms with Crippen molar-refractivity contribution in [2.24, 2.45) is 0 Å². The zero-order valence-electron chi connectivity index (χ0n) is 12.1. The van der Waals surface area contributed by atoms with Crippen LogP contribution in [0.25, 0.3) is 0 Å². The van der Waals surface area contributed by atoms with Gasteiger partial charge in [-0.25, -0.2) is 0 Å². The average Bonchev–Trinajstić information content (AvgIpc) is 2.52. The van der Waals surface area contributed by atoms with Crippen LogP contribution in [0.2, 0.25) is 0 Å². The number of hydrogen-bond acceptors (Lipinski definition) is 2. The number of rotatable bonds is 2. The lowest BCUT2D eigenvalue weighted by atomic mass is 10.1. The third-order valence-electron chi connectivity index (χ3n) is 3.23. The summed E-state index contributed by atoms with van der Waals surface area (Å²) in [5.41, 5.74) is 3.33. The van der Waals surface area contributed by atoms with Crippen molar-refractivity contribution in [3.63, 3.8) is 0 Å². The number of hydrogen-bond donors (Lipinski definition) is 1. The molecule has 3 heteroatoms. The predicted octanol–water partition coefficient (Wildman–Crippen LogP) is 2.62. The molecule has 0 bridgehead atoms. The van der Waals surface area contributed by atoms with Crippen LogP contribution in [-0.4, -0.2) is 24.7 Å². The van der Waals surface area contributed by atoms with E-state index < -0.39 is 0 Å². The van der Waals surface area contributed by atoms with E-state index in [9.17, 15) is 4.79 Å². The largest absolute Gasteiger partial charge is 0.384 e. The molecular formula is C18H17NO2. The number of anilines is 1. The van der Waals surface area contributed by atoms with Gasteiger partial charge in [0.1, 0.15) is 6.61 Å². The minimum atomic E-state index is -0.170. The van der Waals surface area contributed by atoms with Crippen molar-refractivity contribution in [2.75, 3.05) is 18.6 Å². The molecule has 0 fully saturated rings. The molecule has 1 N–H and O–H groups in total. The van der Waals surface area contributed by atoms with E-state index in [1.165, 1.54) is 0 Å². The molecule has 21 heavy (non-hydrogen) atoms. The number of carbonyl (C=O) groups excluding carboxylic acids is 1. The van der Waals surface area contributed by atoms with E-state index in [4.69, 9.17) is 5.11 Å². The highest BCUT2D eigenvalue weighted by atomic mass is 16.2. The molecule has 0 heterocycles. The summed E-state index contributed by atoms with van der Waals surface area (Å²) in [6.45, 7) is 1.81. The Bertz CT molecular complexity index is 693. The molecule has 0 spiro atoms. The first-order chi connectivity index (χ1) is 10.1. The van der Waals surface area contributed by atoms with E-state index in [0.717, 1.165) is 16.8 Å². The fraction of sp³-hybridized carbons (Fsp3) is 0.167. The van der Waals surface area contributed by atoms with E-state index >= 15 is 0 Å². The lowest BCUT2D eigenvalue weighted by Gasteiger charge is -2.19. The van der Waals surface area contributed by atoms with Crippen LogP contribution in [0.1, 0.15) is 21.5 Å². The smallest absolute Gasteiger partial charge is 0.258 e. The standard InChI is InChI=1S/C18H17NO2/c1-14-6-3-4-8-17(14)19(2)18(21)16-11-9-15(10-12-16)7-5-13-20/h3-4,6,8-12,20H,13H2,1-2H3. The monoisotopic (exact) mass is 279 g/mol. The SMILES string of the molecule is Cc1ccccc1N(C)C(=O)c1ccc(C#CCO)cc1. The fourth-order valence-electron chi connectivity index (χ4n) is 2.08. The maximum Gasteiger partial charge on any atom is 0.258 e. The van der Waals surface area contributed by atoms with E-state index in [-0.39, 0.29) is 12.5 Å². The van der Waals surface area contributed by atoms with Crippen molar-refractivity contribution in [3.8, 4) is 11.8 Å². The molecule has 0 aliphatic rings. The molecule has 3 nitrogen and oxygen atoms in total. The predicted molar refractivity (Wildman–Crippen MR) is 84.3 cm³/mol. The van der Waals surface area contributed by atoms with Gasteiger partial charge in [0.2, 0.25) is 0 Å². The summed E-state index contributed by atoms with van der Waals surface area (Å²) < 4.78 is 0. The van der Waals surface area contributed by atoms with Crippen LogP contribution in [-0.2, 0) is 0 Å². The summed E-state index contributed by atoms with van der Waals surface area (Å²) in [5, 5.41) is 8.66. The maximum absolute atomic E-state index is 12.5. The van der Waals surface area contributed by atoms with Gasteiger partial charge in [-0.2, -0.15) is 0 Å². The Morgan fingerprint density at radius 1 is 1.14 bits per heavy atom. The highest BCUT2D eigenvalue weighted by molar-refractivity contribution is 6.06. The van der Waals surface area contributed by atoms with Crippen LogP contribution in [0.4, 0.5) is 5.69 Å². The Kier molecular flexibility index (Phi) is 4.76. The van der Waals surface area contributed by atoms with E-state index in [2.05, 4.69) is 11.8 Å². The molecule has 2 rings (SSSR count). The lowest BCUT2D eigenvalue weighted by molar-refractivity contribution is 0.0993. The van der Waals surface area contributed by atoms with Crippen molar-refractivity contribution in [2.45, 2.75) is 6.92 Å². The Hall–Kier alpha value is -2.57. The molecule has 1 amide bonds. The first-order valence-corrected chi connectivity index (χ1v) is 6.67. The number of aryl methyl sites for hydroxylation is 1. The Labute approximate surface area is 124 Å². The van der Waals surface area contributed by atoms with Gasteiger partial charge in [0.05, 0.1) is 0 Å². The highest BCUT2D eigenvalue weighted by Crippen LogP contribution is 2.20. The second-order valence-electron chi connectivity index (χ2n) is 4.69. The molecule has 0 aliphatic carbocycles. The van der Waals surface area contributed by atoms with Gasteiger partial charge in [-0.3, -0.25) is 4.79 Å². The zero-order chi connectivity index (χ0) is 15.2. The van der Waals surface area contributed by atoms with Crippen LogP contribution < -0.4 is 4.90 Å². The van der Waals surface area contributed by atoms with Crippen molar-refractivity contribution in [1.82, 2.24) is 0 Å². The summed E-state index contributed by atoms with van der Waals surface area (Å²) >= 11 is 0. The molecule has 0 atom stereocenters. The number of aliphatic hydroxyl groups excluding tert-OH is 1. The second-order valence-corrected chi connectivity index (χ2v) is 4.69. The van der Waals surface area contributed by atoms with E-state index in [1.807, 2.05) is 31.2 Å². The average molecular weight is 279 g/mol. The van der Waals surface area contributed by atoms with Gasteiger partial charge < -0.3 is 10.0 Å². The van der Waals surface area contributed by atoms with Crippen LogP contribution in [0.5, 0.6) is 0 Å². The van der Waals surface area contributed by atoms with E-state index in [1.54, 1.807) is 36.2 Å². The van der Waals surface area contributed by atoms with Gasteiger partial charge in [-0.1, -0.05) is 30.0 Å². The second kappa shape index (κ2) is 6.74. The van der Waals surface area contributed by atoms with Gasteiger partial charge in [0.15, 0.2) is 0 Å². The number of carbonyl (C=O) groups is 1. The van der Waals surface area contributed by atoms with Crippen LogP contribution >= 0.6 is 0 Å². The van der Waals surface area contributed by atoms with Crippen LogP contribution in [0.3, 0.4) is 0 Å². The number of nitrogens with zero attached hydrogens (tertiary/aromatic N) is 1. The summed E-state index contributed by atoms with van der Waals surface area (Å²) in [5.74, 6) is 5.32. The van der Waals surface area contributed by atoms with Gasteiger partial charge in [-0.15, -0.1) is 0 Å². The number of aliphatic hydroxyl groups is 1.